The van der Waals surface area contributed by atoms with E-state index in [1.165, 1.54) is 17.4 Å². The van der Waals surface area contributed by atoms with Crippen LogP contribution < -0.4 is 0 Å². The molecule has 0 saturated heterocycles. The number of nitrogens with zero attached hydrogens (tertiary/aromatic N) is 1. The zero-order valence-electron chi connectivity index (χ0n) is 7.83. The number of thiazole rings is 1. The van der Waals surface area contributed by atoms with E-state index in [9.17, 15) is 4.39 Å². The van der Waals surface area contributed by atoms with Gasteiger partial charge in [0.15, 0.2) is 0 Å². The first-order valence-corrected chi connectivity index (χ1v) is 5.36. The van der Waals surface area contributed by atoms with E-state index in [-0.39, 0.29) is 5.82 Å². The zero-order chi connectivity index (χ0) is 9.97. The molecule has 1 heterocycles. The maximum atomic E-state index is 13.1. The van der Waals surface area contributed by atoms with Crippen LogP contribution >= 0.6 is 11.3 Å². The number of hydrogen-bond acceptors (Lipinski definition) is 2. The molecule has 0 aliphatic carbocycles. The monoisotopic (exact) mass is 207 g/mol. The van der Waals surface area contributed by atoms with Crippen LogP contribution in [0.25, 0.3) is 10.4 Å². The lowest BCUT2D eigenvalue weighted by Gasteiger charge is -2.04. The second kappa shape index (κ2) is 3.88. The standard InChI is InChI=1S/C11H10FNS/c1-2-8-3-4-9(12)5-10(8)11-6-13-7-14-11/h3-7H,2H2,1H3. The molecule has 0 radical (unpaired) electrons. The fourth-order valence-corrected chi connectivity index (χ4v) is 2.11. The number of aromatic nitrogens is 1. The molecular formula is C11H10FNS. The van der Waals surface area contributed by atoms with Gasteiger partial charge in [0.1, 0.15) is 5.82 Å². The van der Waals surface area contributed by atoms with Gasteiger partial charge in [-0.15, -0.1) is 11.3 Å². The Morgan fingerprint density at radius 2 is 2.29 bits per heavy atom. The molecule has 0 aliphatic heterocycles. The molecule has 72 valence electrons. The van der Waals surface area contributed by atoms with Crippen molar-refractivity contribution in [2.24, 2.45) is 0 Å². The molecule has 1 aromatic heterocycles. The Kier molecular flexibility index (Phi) is 2.59. The summed E-state index contributed by atoms with van der Waals surface area (Å²) in [5.74, 6) is -0.189. The lowest BCUT2D eigenvalue weighted by Crippen LogP contribution is -1.87. The summed E-state index contributed by atoms with van der Waals surface area (Å²) >= 11 is 1.54. The first-order chi connectivity index (χ1) is 6.81. The highest BCUT2D eigenvalue weighted by atomic mass is 32.1. The molecule has 2 aromatic rings. The van der Waals surface area contributed by atoms with Crippen LogP contribution in [0.2, 0.25) is 0 Å². The lowest BCUT2D eigenvalue weighted by molar-refractivity contribution is 0.627. The maximum absolute atomic E-state index is 13.1. The zero-order valence-corrected chi connectivity index (χ0v) is 8.64. The van der Waals surface area contributed by atoms with Crippen molar-refractivity contribution in [3.05, 3.63) is 41.3 Å². The third-order valence-electron chi connectivity index (χ3n) is 2.15. The highest BCUT2D eigenvalue weighted by Gasteiger charge is 2.06. The fraction of sp³-hybridized carbons (Fsp3) is 0.182. The van der Waals surface area contributed by atoms with Gasteiger partial charge in [0.2, 0.25) is 0 Å². The highest BCUT2D eigenvalue weighted by molar-refractivity contribution is 7.13. The van der Waals surface area contributed by atoms with Gasteiger partial charge < -0.3 is 0 Å². The third-order valence-corrected chi connectivity index (χ3v) is 2.96. The van der Waals surface area contributed by atoms with Crippen molar-refractivity contribution in [2.75, 3.05) is 0 Å². The Hall–Kier alpha value is -1.22. The van der Waals surface area contributed by atoms with Crippen molar-refractivity contribution in [2.45, 2.75) is 13.3 Å². The Morgan fingerprint density at radius 1 is 1.43 bits per heavy atom. The van der Waals surface area contributed by atoms with Crippen LogP contribution in [0.15, 0.2) is 29.9 Å². The topological polar surface area (TPSA) is 12.9 Å². The van der Waals surface area contributed by atoms with Gasteiger partial charge in [-0.1, -0.05) is 13.0 Å². The van der Waals surface area contributed by atoms with Crippen molar-refractivity contribution in [1.82, 2.24) is 4.98 Å². The van der Waals surface area contributed by atoms with Crippen LogP contribution in [0.1, 0.15) is 12.5 Å². The molecule has 3 heteroatoms. The molecule has 14 heavy (non-hydrogen) atoms. The van der Waals surface area contributed by atoms with Crippen LogP contribution in [-0.2, 0) is 6.42 Å². The Balaban J connectivity index is 2.55. The van der Waals surface area contributed by atoms with E-state index in [0.717, 1.165) is 22.4 Å². The first-order valence-electron chi connectivity index (χ1n) is 4.48. The molecule has 0 unspecified atom stereocenters. The van der Waals surface area contributed by atoms with Gasteiger partial charge in [0, 0.05) is 6.20 Å². The number of rotatable bonds is 2. The van der Waals surface area contributed by atoms with Crippen LogP contribution in [0.3, 0.4) is 0 Å². The summed E-state index contributed by atoms with van der Waals surface area (Å²) in [5.41, 5.74) is 3.89. The molecule has 1 nitrogen and oxygen atoms in total. The van der Waals surface area contributed by atoms with Gasteiger partial charge in [0.25, 0.3) is 0 Å². The van der Waals surface area contributed by atoms with Gasteiger partial charge >= 0.3 is 0 Å². The van der Waals surface area contributed by atoms with Crippen LogP contribution in [0.5, 0.6) is 0 Å². The van der Waals surface area contributed by atoms with E-state index >= 15 is 0 Å². The molecule has 0 bridgehead atoms. The average molecular weight is 207 g/mol. The predicted octanol–water partition coefficient (Wildman–Crippen LogP) is 3.51. The molecule has 0 spiro atoms. The minimum atomic E-state index is -0.189. The largest absolute Gasteiger partial charge is 0.252 e. The van der Waals surface area contributed by atoms with E-state index < -0.39 is 0 Å². The Morgan fingerprint density at radius 3 is 2.93 bits per heavy atom. The van der Waals surface area contributed by atoms with Gasteiger partial charge in [0.05, 0.1) is 10.4 Å². The van der Waals surface area contributed by atoms with E-state index in [0.29, 0.717) is 0 Å². The van der Waals surface area contributed by atoms with E-state index in [2.05, 4.69) is 11.9 Å². The Bertz CT molecular complexity index is 423. The van der Waals surface area contributed by atoms with E-state index in [4.69, 9.17) is 0 Å². The minimum Gasteiger partial charge on any atom is -0.252 e. The quantitative estimate of drug-likeness (QED) is 0.734. The number of aryl methyl sites for hydroxylation is 1. The van der Waals surface area contributed by atoms with Crippen molar-refractivity contribution < 1.29 is 4.39 Å². The predicted molar refractivity (Wildman–Crippen MR) is 56.9 cm³/mol. The SMILES string of the molecule is CCc1ccc(F)cc1-c1cncs1. The van der Waals surface area contributed by atoms with Crippen LogP contribution in [-0.4, -0.2) is 4.98 Å². The average Bonchev–Trinajstić information content (AvgIpc) is 2.70. The summed E-state index contributed by atoms with van der Waals surface area (Å²) in [6.45, 7) is 2.07. The summed E-state index contributed by atoms with van der Waals surface area (Å²) in [4.78, 5) is 5.03. The number of hydrogen-bond donors (Lipinski definition) is 0. The second-order valence-electron chi connectivity index (χ2n) is 3.02. The van der Waals surface area contributed by atoms with Crippen molar-refractivity contribution in [3.8, 4) is 10.4 Å². The minimum absolute atomic E-state index is 0.189. The summed E-state index contributed by atoms with van der Waals surface area (Å²) < 4.78 is 13.1. The third kappa shape index (κ3) is 1.68. The molecule has 1 aromatic carbocycles. The van der Waals surface area contributed by atoms with Gasteiger partial charge in [-0.2, -0.15) is 0 Å². The molecule has 2 rings (SSSR count). The molecule has 0 saturated carbocycles. The van der Waals surface area contributed by atoms with E-state index in [1.807, 2.05) is 6.07 Å². The van der Waals surface area contributed by atoms with Crippen molar-refractivity contribution >= 4 is 11.3 Å². The number of benzene rings is 1. The van der Waals surface area contributed by atoms with Crippen LogP contribution in [0, 0.1) is 5.82 Å². The summed E-state index contributed by atoms with van der Waals surface area (Å²) in [5, 5.41) is 0. The number of halogens is 1. The van der Waals surface area contributed by atoms with Gasteiger partial charge in [-0.3, -0.25) is 4.98 Å². The summed E-state index contributed by atoms with van der Waals surface area (Å²) in [6.07, 6.45) is 2.69. The Labute approximate surface area is 86.2 Å². The normalized spacial score (nSPS) is 10.4. The molecular weight excluding hydrogens is 197 g/mol. The molecule has 0 aliphatic rings. The van der Waals surface area contributed by atoms with E-state index in [1.54, 1.807) is 17.8 Å². The first kappa shape index (κ1) is 9.34. The molecule has 0 atom stereocenters. The maximum Gasteiger partial charge on any atom is 0.123 e. The fourth-order valence-electron chi connectivity index (χ4n) is 1.44. The second-order valence-corrected chi connectivity index (χ2v) is 3.91. The molecule has 0 fully saturated rings. The van der Waals surface area contributed by atoms with Crippen molar-refractivity contribution in [3.63, 3.8) is 0 Å². The van der Waals surface area contributed by atoms with Crippen molar-refractivity contribution in [1.29, 1.82) is 0 Å². The molecule has 0 amide bonds. The summed E-state index contributed by atoms with van der Waals surface area (Å²) in [6, 6.07) is 4.92. The lowest BCUT2D eigenvalue weighted by atomic mass is 10.0. The van der Waals surface area contributed by atoms with Crippen LogP contribution in [0.4, 0.5) is 4.39 Å². The van der Waals surface area contributed by atoms with Gasteiger partial charge in [-0.05, 0) is 29.7 Å². The highest BCUT2D eigenvalue weighted by Crippen LogP contribution is 2.27. The summed E-state index contributed by atoms with van der Waals surface area (Å²) in [7, 11) is 0. The molecule has 0 N–H and O–H groups in total. The van der Waals surface area contributed by atoms with Gasteiger partial charge in [-0.25, -0.2) is 4.39 Å². The smallest absolute Gasteiger partial charge is 0.123 e.